The van der Waals surface area contributed by atoms with Crippen LogP contribution in [0.3, 0.4) is 0 Å². The molecule has 0 saturated carbocycles. The number of anilines is 1. The molecule has 2 N–H and O–H groups in total. The first kappa shape index (κ1) is 25.5. The first-order chi connectivity index (χ1) is 19.0. The molecule has 2 amide bonds. The van der Waals surface area contributed by atoms with Gasteiger partial charge in [0.05, 0.1) is 18.6 Å². The number of imide groups is 1. The van der Waals surface area contributed by atoms with Gasteiger partial charge in [-0.2, -0.15) is 4.68 Å². The molecule has 6 rings (SSSR count). The SMILES string of the molecule is O=C1CCC(n2nnc3cccc(NCc4ccc(CN5CC(N6CCOCC6)C5)cc4F)c3c2=O)C(=O)N1. The Morgan fingerprint density at radius 1 is 1.10 bits per heavy atom. The number of hydrogen-bond acceptors (Lipinski definition) is 9. The Bertz CT molecular complexity index is 1470. The molecule has 2 aromatic carbocycles. The largest absolute Gasteiger partial charge is 0.380 e. The summed E-state index contributed by atoms with van der Waals surface area (Å²) in [6, 6.07) is 10.00. The van der Waals surface area contributed by atoms with E-state index < -0.39 is 17.5 Å². The van der Waals surface area contributed by atoms with Crippen molar-refractivity contribution < 1.29 is 18.7 Å². The molecule has 12 heteroatoms. The van der Waals surface area contributed by atoms with E-state index in [4.69, 9.17) is 4.74 Å². The van der Waals surface area contributed by atoms with Gasteiger partial charge in [-0.15, -0.1) is 5.10 Å². The van der Waals surface area contributed by atoms with E-state index >= 15 is 4.39 Å². The fourth-order valence-corrected chi connectivity index (χ4v) is 5.49. The minimum Gasteiger partial charge on any atom is -0.380 e. The van der Waals surface area contributed by atoms with Gasteiger partial charge in [0.2, 0.25) is 5.91 Å². The fourth-order valence-electron chi connectivity index (χ4n) is 5.49. The number of amides is 2. The second-order valence-corrected chi connectivity index (χ2v) is 10.3. The molecule has 11 nitrogen and oxygen atoms in total. The molecule has 0 spiro atoms. The maximum absolute atomic E-state index is 15.0. The van der Waals surface area contributed by atoms with E-state index in [9.17, 15) is 14.4 Å². The summed E-state index contributed by atoms with van der Waals surface area (Å²) in [5.41, 5.74) is 1.71. The predicted molar refractivity (Wildman–Crippen MR) is 140 cm³/mol. The average molecular weight is 536 g/mol. The second-order valence-electron chi connectivity index (χ2n) is 10.3. The van der Waals surface area contributed by atoms with E-state index in [1.807, 2.05) is 6.07 Å². The number of carbonyl (C=O) groups is 2. The maximum atomic E-state index is 15.0. The van der Waals surface area contributed by atoms with Gasteiger partial charge >= 0.3 is 0 Å². The molecular formula is C27H30FN7O4. The number of ether oxygens (including phenoxy) is 1. The van der Waals surface area contributed by atoms with Crippen molar-refractivity contribution in [3.8, 4) is 0 Å². The van der Waals surface area contributed by atoms with Crippen molar-refractivity contribution in [2.24, 2.45) is 0 Å². The molecule has 3 aliphatic rings. The van der Waals surface area contributed by atoms with Crippen molar-refractivity contribution in [3.63, 3.8) is 0 Å². The highest BCUT2D eigenvalue weighted by molar-refractivity contribution is 5.99. The molecule has 3 aromatic rings. The lowest BCUT2D eigenvalue weighted by Gasteiger charge is -2.46. The number of fused-ring (bicyclic) bond motifs is 1. The van der Waals surface area contributed by atoms with Gasteiger partial charge in [-0.05, 0) is 30.2 Å². The molecule has 0 bridgehead atoms. The Labute approximate surface area is 223 Å². The first-order valence-corrected chi connectivity index (χ1v) is 13.2. The number of carbonyl (C=O) groups excluding carboxylic acids is 2. The van der Waals surface area contributed by atoms with Gasteiger partial charge in [-0.25, -0.2) is 4.39 Å². The molecule has 39 heavy (non-hydrogen) atoms. The van der Waals surface area contributed by atoms with Crippen molar-refractivity contribution in [2.45, 2.75) is 38.0 Å². The third kappa shape index (κ3) is 5.27. The average Bonchev–Trinajstić information content (AvgIpc) is 2.91. The number of nitrogens with one attached hydrogen (secondary N) is 2. The van der Waals surface area contributed by atoms with E-state index in [1.165, 1.54) is 0 Å². The van der Waals surface area contributed by atoms with Crippen LogP contribution in [0.25, 0.3) is 10.9 Å². The number of likely N-dealkylation sites (tertiary alicyclic amines) is 1. The van der Waals surface area contributed by atoms with Crippen LogP contribution in [0.2, 0.25) is 0 Å². The Morgan fingerprint density at radius 2 is 1.92 bits per heavy atom. The first-order valence-electron chi connectivity index (χ1n) is 13.2. The molecule has 3 aliphatic heterocycles. The molecule has 204 valence electrons. The van der Waals surface area contributed by atoms with Gasteiger partial charge < -0.3 is 10.1 Å². The number of hydrogen-bond donors (Lipinski definition) is 2. The maximum Gasteiger partial charge on any atom is 0.280 e. The molecule has 0 radical (unpaired) electrons. The van der Waals surface area contributed by atoms with Crippen LogP contribution in [0.1, 0.15) is 30.0 Å². The summed E-state index contributed by atoms with van der Waals surface area (Å²) in [5.74, 6) is -1.27. The highest BCUT2D eigenvalue weighted by atomic mass is 19.1. The zero-order valence-corrected chi connectivity index (χ0v) is 21.4. The quantitative estimate of drug-likeness (QED) is 0.428. The molecule has 3 saturated heterocycles. The molecule has 4 heterocycles. The van der Waals surface area contributed by atoms with Crippen LogP contribution in [0, 0.1) is 5.82 Å². The van der Waals surface area contributed by atoms with Crippen LogP contribution in [-0.2, 0) is 27.4 Å². The Hall–Kier alpha value is -3.74. The minimum atomic E-state index is -0.916. The molecule has 1 unspecified atom stereocenters. The predicted octanol–water partition coefficient (Wildman–Crippen LogP) is 1.04. The Kier molecular flexibility index (Phi) is 7.07. The third-order valence-electron chi connectivity index (χ3n) is 7.71. The number of aromatic nitrogens is 3. The van der Waals surface area contributed by atoms with Gasteiger partial charge in [0.15, 0.2) is 0 Å². The van der Waals surface area contributed by atoms with Crippen LogP contribution in [-0.4, -0.2) is 82.0 Å². The van der Waals surface area contributed by atoms with Crippen LogP contribution in [0.5, 0.6) is 0 Å². The number of halogens is 1. The summed E-state index contributed by atoms with van der Waals surface area (Å²) in [6.45, 7) is 6.35. The number of piperidine rings is 1. The van der Waals surface area contributed by atoms with Crippen molar-refractivity contribution >= 4 is 28.4 Å². The highest BCUT2D eigenvalue weighted by Crippen LogP contribution is 2.23. The number of benzene rings is 2. The lowest BCUT2D eigenvalue weighted by atomic mass is 10.0. The summed E-state index contributed by atoms with van der Waals surface area (Å²) in [6.07, 6.45) is 0.285. The highest BCUT2D eigenvalue weighted by Gasteiger charge is 2.33. The van der Waals surface area contributed by atoms with Crippen molar-refractivity contribution in [3.05, 3.63) is 63.7 Å². The van der Waals surface area contributed by atoms with Crippen LogP contribution in [0.15, 0.2) is 41.2 Å². The lowest BCUT2D eigenvalue weighted by Crippen LogP contribution is -2.60. The van der Waals surface area contributed by atoms with Crippen LogP contribution in [0.4, 0.5) is 10.1 Å². The zero-order valence-electron chi connectivity index (χ0n) is 21.4. The lowest BCUT2D eigenvalue weighted by molar-refractivity contribution is -0.136. The molecule has 1 atom stereocenters. The number of morpholine rings is 1. The second kappa shape index (κ2) is 10.8. The summed E-state index contributed by atoms with van der Waals surface area (Å²) in [7, 11) is 0. The van der Waals surface area contributed by atoms with Crippen molar-refractivity contribution in [2.75, 3.05) is 44.7 Å². The fraction of sp³-hybridized carbons (Fsp3) is 0.444. The van der Waals surface area contributed by atoms with Crippen molar-refractivity contribution in [1.29, 1.82) is 0 Å². The number of nitrogens with zero attached hydrogens (tertiary/aromatic N) is 5. The Balaban J connectivity index is 1.13. The molecular weight excluding hydrogens is 505 g/mol. The van der Waals surface area contributed by atoms with E-state index in [2.05, 4.69) is 30.7 Å². The van der Waals surface area contributed by atoms with E-state index in [1.54, 1.807) is 30.3 Å². The summed E-state index contributed by atoms with van der Waals surface area (Å²) >= 11 is 0. The molecule has 3 fully saturated rings. The van der Waals surface area contributed by atoms with Gasteiger partial charge in [-0.1, -0.05) is 23.4 Å². The Morgan fingerprint density at radius 3 is 2.69 bits per heavy atom. The smallest absolute Gasteiger partial charge is 0.280 e. The van der Waals surface area contributed by atoms with Gasteiger partial charge in [0.25, 0.3) is 11.5 Å². The van der Waals surface area contributed by atoms with Crippen LogP contribution >= 0.6 is 0 Å². The van der Waals surface area contributed by atoms with E-state index in [-0.39, 0.29) is 36.5 Å². The zero-order chi connectivity index (χ0) is 26.9. The number of rotatable bonds is 7. The van der Waals surface area contributed by atoms with E-state index in [0.29, 0.717) is 29.4 Å². The molecule has 1 aromatic heterocycles. The summed E-state index contributed by atoms with van der Waals surface area (Å²) in [4.78, 5) is 41.9. The summed E-state index contributed by atoms with van der Waals surface area (Å²) in [5, 5.41) is 13.7. The van der Waals surface area contributed by atoms with Gasteiger partial charge in [0, 0.05) is 63.0 Å². The standard InChI is InChI=1S/C27H30FN7O4/c28-20-12-17(14-33-15-19(16-33)34-8-10-39-11-9-34)4-5-18(20)13-29-21-2-1-3-22-25(21)27(38)35(32-31-22)23-6-7-24(36)30-26(23)37/h1-5,12,19,23,29H,6-11,13-16H2,(H,30,36,37). The monoisotopic (exact) mass is 535 g/mol. The van der Waals surface area contributed by atoms with Gasteiger partial charge in [0.1, 0.15) is 17.4 Å². The van der Waals surface area contributed by atoms with E-state index in [0.717, 1.165) is 49.6 Å². The molecule has 0 aliphatic carbocycles. The van der Waals surface area contributed by atoms with Crippen LogP contribution < -0.4 is 16.2 Å². The van der Waals surface area contributed by atoms with Gasteiger partial charge in [-0.3, -0.25) is 29.5 Å². The summed E-state index contributed by atoms with van der Waals surface area (Å²) < 4.78 is 21.5. The topological polar surface area (TPSA) is 122 Å². The third-order valence-corrected chi connectivity index (χ3v) is 7.71. The normalized spacial score (nSPS) is 21.1. The van der Waals surface area contributed by atoms with Crippen molar-refractivity contribution in [1.82, 2.24) is 30.1 Å². The minimum absolute atomic E-state index is 0.115.